The molecule has 3 rings (SSSR count). The first-order valence-corrected chi connectivity index (χ1v) is 7.82. The molecule has 106 valence electrons. The lowest BCUT2D eigenvalue weighted by atomic mass is 9.96. The molecule has 0 amide bonds. The van der Waals surface area contributed by atoms with Crippen LogP contribution >= 0.6 is 0 Å². The maximum absolute atomic E-state index is 12.3. The predicted molar refractivity (Wildman–Crippen MR) is 65.9 cm³/mol. The number of rotatable bonds is 4. The maximum atomic E-state index is 12.3. The fraction of sp³-hybridized carbons (Fsp3) is 0.727. The number of H-pyrrole nitrogens is 1. The highest BCUT2D eigenvalue weighted by molar-refractivity contribution is 7.89. The van der Waals surface area contributed by atoms with Crippen LogP contribution in [0.4, 0.5) is 0 Å². The van der Waals surface area contributed by atoms with Gasteiger partial charge in [0.2, 0.25) is 0 Å². The molecule has 2 fully saturated rings. The molecule has 8 heteroatoms. The molecule has 3 heterocycles. The van der Waals surface area contributed by atoms with E-state index in [9.17, 15) is 13.5 Å². The normalized spacial score (nSPS) is 30.1. The largest absolute Gasteiger partial charge is 0.392 e. The SMILES string of the molecule is Cc1[nH]nc(S(=O)(=O)NC2CC3CCC2O3)c1CO. The number of aliphatic hydroxyl groups is 1. The van der Waals surface area contributed by atoms with E-state index in [4.69, 9.17) is 4.74 Å². The van der Waals surface area contributed by atoms with Crippen LogP contribution in [-0.4, -0.2) is 42.0 Å². The van der Waals surface area contributed by atoms with Gasteiger partial charge in [-0.15, -0.1) is 0 Å². The van der Waals surface area contributed by atoms with E-state index in [0.717, 1.165) is 12.8 Å². The van der Waals surface area contributed by atoms with E-state index < -0.39 is 10.0 Å². The number of aryl methyl sites for hydroxylation is 1. The average molecular weight is 287 g/mol. The van der Waals surface area contributed by atoms with Crippen molar-refractivity contribution < 1.29 is 18.3 Å². The number of aliphatic hydroxyl groups excluding tert-OH is 1. The Labute approximate surface area is 111 Å². The molecule has 0 aromatic carbocycles. The third-order valence-electron chi connectivity index (χ3n) is 3.86. The van der Waals surface area contributed by atoms with E-state index >= 15 is 0 Å². The van der Waals surface area contributed by atoms with E-state index in [1.165, 1.54) is 0 Å². The van der Waals surface area contributed by atoms with Crippen molar-refractivity contribution in [3.63, 3.8) is 0 Å². The fourth-order valence-electron chi connectivity index (χ4n) is 2.86. The molecule has 2 bridgehead atoms. The summed E-state index contributed by atoms with van der Waals surface area (Å²) < 4.78 is 32.9. The van der Waals surface area contributed by atoms with Crippen LogP contribution in [0.5, 0.6) is 0 Å². The molecule has 0 spiro atoms. The molecule has 1 aromatic rings. The van der Waals surface area contributed by atoms with Gasteiger partial charge in [-0.25, -0.2) is 13.1 Å². The molecule has 0 radical (unpaired) electrons. The van der Waals surface area contributed by atoms with Gasteiger partial charge >= 0.3 is 0 Å². The van der Waals surface area contributed by atoms with E-state index in [-0.39, 0.29) is 29.9 Å². The number of nitrogens with one attached hydrogen (secondary N) is 2. The fourth-order valence-corrected chi connectivity index (χ4v) is 4.32. The number of hydrogen-bond acceptors (Lipinski definition) is 5. The van der Waals surface area contributed by atoms with Crippen molar-refractivity contribution in [1.29, 1.82) is 0 Å². The number of aromatic nitrogens is 2. The van der Waals surface area contributed by atoms with Crippen LogP contribution in [-0.2, 0) is 21.4 Å². The first-order valence-electron chi connectivity index (χ1n) is 6.33. The number of nitrogens with zero attached hydrogens (tertiary/aromatic N) is 1. The molecule has 3 unspecified atom stereocenters. The summed E-state index contributed by atoms with van der Waals surface area (Å²) in [4.78, 5) is 0. The van der Waals surface area contributed by atoms with Gasteiger partial charge in [0.25, 0.3) is 10.0 Å². The lowest BCUT2D eigenvalue weighted by Gasteiger charge is -2.19. The van der Waals surface area contributed by atoms with Crippen LogP contribution in [0.1, 0.15) is 30.5 Å². The minimum Gasteiger partial charge on any atom is -0.392 e. The summed E-state index contributed by atoms with van der Waals surface area (Å²) in [5.41, 5.74) is 0.878. The second-order valence-electron chi connectivity index (χ2n) is 5.13. The second kappa shape index (κ2) is 4.55. The Kier molecular flexibility index (Phi) is 3.12. The summed E-state index contributed by atoms with van der Waals surface area (Å²) in [7, 11) is -3.72. The first-order chi connectivity index (χ1) is 9.01. The van der Waals surface area contributed by atoms with E-state index in [2.05, 4.69) is 14.9 Å². The number of fused-ring (bicyclic) bond motifs is 2. The van der Waals surface area contributed by atoms with Crippen molar-refractivity contribution in [2.75, 3.05) is 0 Å². The first kappa shape index (κ1) is 13.0. The summed E-state index contributed by atoms with van der Waals surface area (Å²) in [5, 5.41) is 15.5. The number of hydrogen-bond donors (Lipinski definition) is 3. The van der Waals surface area contributed by atoms with Crippen LogP contribution in [0.15, 0.2) is 5.03 Å². The number of sulfonamides is 1. The Morgan fingerprint density at radius 3 is 2.89 bits per heavy atom. The topological polar surface area (TPSA) is 104 Å². The molecule has 3 atom stereocenters. The van der Waals surface area contributed by atoms with Gasteiger partial charge in [-0.2, -0.15) is 5.10 Å². The summed E-state index contributed by atoms with van der Waals surface area (Å²) >= 11 is 0. The van der Waals surface area contributed by atoms with E-state index in [1.54, 1.807) is 6.92 Å². The zero-order valence-electron chi connectivity index (χ0n) is 10.6. The summed E-state index contributed by atoms with van der Waals surface area (Å²) in [6.45, 7) is 1.32. The Morgan fingerprint density at radius 1 is 1.53 bits per heavy atom. The second-order valence-corrected chi connectivity index (χ2v) is 6.76. The van der Waals surface area contributed by atoms with Gasteiger partial charge in [-0.1, -0.05) is 0 Å². The summed E-state index contributed by atoms with van der Waals surface area (Å²) in [6, 6.07) is -0.188. The molecule has 19 heavy (non-hydrogen) atoms. The standard InChI is InChI=1S/C11H17N3O4S/c1-6-8(5-15)11(13-12-6)19(16,17)14-9-4-7-2-3-10(9)18-7/h7,9-10,14-15H,2-5H2,1H3,(H,12,13). The predicted octanol–water partition coefficient (Wildman–Crippen LogP) is -0.191. The monoisotopic (exact) mass is 287 g/mol. The smallest absolute Gasteiger partial charge is 0.260 e. The average Bonchev–Trinajstić information content (AvgIpc) is 3.02. The van der Waals surface area contributed by atoms with Crippen molar-refractivity contribution in [1.82, 2.24) is 14.9 Å². The Morgan fingerprint density at radius 2 is 2.32 bits per heavy atom. The summed E-state index contributed by atoms with van der Waals surface area (Å²) in [6.07, 6.45) is 2.76. The zero-order chi connectivity index (χ0) is 13.6. The van der Waals surface area contributed by atoms with Gasteiger partial charge in [-0.3, -0.25) is 5.10 Å². The number of ether oxygens (including phenoxy) is 1. The maximum Gasteiger partial charge on any atom is 0.260 e. The van der Waals surface area contributed by atoms with Gasteiger partial charge in [0.15, 0.2) is 5.03 Å². The van der Waals surface area contributed by atoms with Crippen LogP contribution in [0.2, 0.25) is 0 Å². The molecule has 0 saturated carbocycles. The highest BCUT2D eigenvalue weighted by Gasteiger charge is 2.43. The zero-order valence-corrected chi connectivity index (χ0v) is 11.4. The molecular weight excluding hydrogens is 270 g/mol. The van der Waals surface area contributed by atoms with E-state index in [0.29, 0.717) is 17.7 Å². The van der Waals surface area contributed by atoms with Gasteiger partial charge < -0.3 is 9.84 Å². The van der Waals surface area contributed by atoms with Gasteiger partial charge in [0, 0.05) is 11.3 Å². The van der Waals surface area contributed by atoms with Gasteiger partial charge in [0.1, 0.15) is 0 Å². The van der Waals surface area contributed by atoms with Gasteiger partial charge in [0.05, 0.1) is 24.9 Å². The third-order valence-corrected chi connectivity index (χ3v) is 5.32. The molecule has 7 nitrogen and oxygen atoms in total. The van der Waals surface area contributed by atoms with Crippen molar-refractivity contribution in [2.45, 2.75) is 56.1 Å². The third kappa shape index (κ3) is 2.18. The minimum atomic E-state index is -3.72. The molecule has 0 aliphatic carbocycles. The molecule has 2 aliphatic heterocycles. The van der Waals surface area contributed by atoms with Crippen LogP contribution < -0.4 is 4.72 Å². The Hall–Kier alpha value is -0.960. The van der Waals surface area contributed by atoms with Crippen LogP contribution in [0.3, 0.4) is 0 Å². The van der Waals surface area contributed by atoms with Gasteiger partial charge in [-0.05, 0) is 26.2 Å². The van der Waals surface area contributed by atoms with E-state index in [1.807, 2.05) is 0 Å². The molecule has 3 N–H and O–H groups in total. The molecule has 2 saturated heterocycles. The highest BCUT2D eigenvalue weighted by Crippen LogP contribution is 2.35. The molecular formula is C11H17N3O4S. The lowest BCUT2D eigenvalue weighted by Crippen LogP contribution is -2.41. The summed E-state index contributed by atoms with van der Waals surface area (Å²) in [5.74, 6) is 0. The Balaban J connectivity index is 1.83. The van der Waals surface area contributed by atoms with Crippen molar-refractivity contribution >= 4 is 10.0 Å². The van der Waals surface area contributed by atoms with Crippen molar-refractivity contribution in [2.24, 2.45) is 0 Å². The quantitative estimate of drug-likeness (QED) is 0.712. The number of aromatic amines is 1. The van der Waals surface area contributed by atoms with Crippen molar-refractivity contribution in [3.05, 3.63) is 11.3 Å². The highest BCUT2D eigenvalue weighted by atomic mass is 32.2. The van der Waals surface area contributed by atoms with Crippen LogP contribution in [0.25, 0.3) is 0 Å². The van der Waals surface area contributed by atoms with Crippen LogP contribution in [0, 0.1) is 6.92 Å². The Bertz CT molecular complexity index is 583. The molecule has 2 aliphatic rings. The minimum absolute atomic E-state index is 0.0302. The molecule has 1 aromatic heterocycles. The lowest BCUT2D eigenvalue weighted by molar-refractivity contribution is 0.0996. The van der Waals surface area contributed by atoms with Crippen molar-refractivity contribution in [3.8, 4) is 0 Å².